The van der Waals surface area contributed by atoms with Gasteiger partial charge in [0.15, 0.2) is 0 Å². The lowest BCUT2D eigenvalue weighted by Crippen LogP contribution is -2.22. The van der Waals surface area contributed by atoms with Crippen molar-refractivity contribution in [2.45, 2.75) is 13.3 Å². The normalized spacial score (nSPS) is 9.78. The summed E-state index contributed by atoms with van der Waals surface area (Å²) in [5, 5.41) is 25.8. The van der Waals surface area contributed by atoms with E-state index in [1.165, 1.54) is 12.1 Å². The van der Waals surface area contributed by atoms with Crippen LogP contribution in [0, 0.1) is 21.4 Å². The summed E-state index contributed by atoms with van der Waals surface area (Å²) in [6, 6.07) is 6.32. The average molecular weight is 248 g/mol. The Labute approximate surface area is 106 Å². The first kappa shape index (κ1) is 13.9. The van der Waals surface area contributed by atoms with Crippen LogP contribution < -0.4 is 10.6 Å². The van der Waals surface area contributed by atoms with E-state index in [9.17, 15) is 10.1 Å². The molecule has 0 spiro atoms. The summed E-state index contributed by atoms with van der Waals surface area (Å²) >= 11 is 0. The second-order valence-electron chi connectivity index (χ2n) is 3.78. The lowest BCUT2D eigenvalue weighted by Gasteiger charge is -2.07. The Morgan fingerprint density at radius 2 is 2.17 bits per heavy atom. The molecule has 0 aliphatic carbocycles. The van der Waals surface area contributed by atoms with E-state index in [1.54, 1.807) is 12.1 Å². The number of anilines is 1. The van der Waals surface area contributed by atoms with Crippen LogP contribution in [0.3, 0.4) is 0 Å². The van der Waals surface area contributed by atoms with Gasteiger partial charge in [-0.05, 0) is 25.1 Å². The van der Waals surface area contributed by atoms with Gasteiger partial charge in [0, 0.05) is 24.8 Å². The molecule has 0 aliphatic rings. The van der Waals surface area contributed by atoms with Crippen molar-refractivity contribution >= 4 is 11.4 Å². The third-order valence-corrected chi connectivity index (χ3v) is 2.37. The highest BCUT2D eigenvalue weighted by atomic mass is 16.6. The number of nitriles is 1. The molecule has 0 bridgehead atoms. The van der Waals surface area contributed by atoms with Crippen LogP contribution in [0.25, 0.3) is 0 Å². The van der Waals surface area contributed by atoms with Crippen molar-refractivity contribution in [2.75, 3.05) is 25.0 Å². The van der Waals surface area contributed by atoms with Gasteiger partial charge in [-0.25, -0.2) is 0 Å². The van der Waals surface area contributed by atoms with Gasteiger partial charge < -0.3 is 10.6 Å². The Morgan fingerprint density at radius 3 is 2.78 bits per heavy atom. The highest BCUT2D eigenvalue weighted by Gasteiger charge is 2.13. The third kappa shape index (κ3) is 4.03. The maximum atomic E-state index is 10.8. The van der Waals surface area contributed by atoms with Crippen molar-refractivity contribution < 1.29 is 4.92 Å². The number of nitrogens with one attached hydrogen (secondary N) is 2. The minimum Gasteiger partial charge on any atom is -0.384 e. The Balaban J connectivity index is 2.60. The van der Waals surface area contributed by atoms with E-state index in [-0.39, 0.29) is 11.3 Å². The molecule has 6 heteroatoms. The van der Waals surface area contributed by atoms with E-state index in [2.05, 4.69) is 17.6 Å². The van der Waals surface area contributed by atoms with E-state index in [4.69, 9.17) is 5.26 Å². The molecule has 0 heterocycles. The number of nitro benzene ring substituents is 1. The molecule has 6 nitrogen and oxygen atoms in total. The van der Waals surface area contributed by atoms with Crippen molar-refractivity contribution in [2.24, 2.45) is 0 Å². The zero-order valence-electron chi connectivity index (χ0n) is 10.3. The van der Waals surface area contributed by atoms with Crippen LogP contribution in [0.15, 0.2) is 18.2 Å². The van der Waals surface area contributed by atoms with Crippen LogP contribution in [0.2, 0.25) is 0 Å². The maximum Gasteiger partial charge on any atom is 0.289 e. The van der Waals surface area contributed by atoms with E-state index >= 15 is 0 Å². The Kier molecular flexibility index (Phi) is 5.61. The summed E-state index contributed by atoms with van der Waals surface area (Å²) in [7, 11) is 0. The van der Waals surface area contributed by atoms with Crippen LogP contribution in [0.1, 0.15) is 18.9 Å². The molecule has 0 saturated heterocycles. The van der Waals surface area contributed by atoms with Crippen molar-refractivity contribution in [3.63, 3.8) is 0 Å². The molecule has 96 valence electrons. The number of nitro groups is 1. The molecule has 0 amide bonds. The molecule has 2 N–H and O–H groups in total. The summed E-state index contributed by atoms with van der Waals surface area (Å²) in [6.45, 7) is 4.52. The quantitative estimate of drug-likeness (QED) is 0.436. The minimum absolute atomic E-state index is 0.0784. The third-order valence-electron chi connectivity index (χ3n) is 2.37. The van der Waals surface area contributed by atoms with Gasteiger partial charge in [0.05, 0.1) is 4.92 Å². The Morgan fingerprint density at radius 1 is 1.39 bits per heavy atom. The van der Waals surface area contributed by atoms with Crippen LogP contribution in [0.4, 0.5) is 11.4 Å². The fourth-order valence-corrected chi connectivity index (χ4v) is 1.48. The molecule has 0 saturated carbocycles. The zero-order valence-corrected chi connectivity index (χ0v) is 10.3. The first-order chi connectivity index (χ1) is 8.69. The summed E-state index contributed by atoms with van der Waals surface area (Å²) in [4.78, 5) is 10.2. The van der Waals surface area contributed by atoms with E-state index in [0.717, 1.165) is 19.5 Å². The van der Waals surface area contributed by atoms with Gasteiger partial charge in [0.1, 0.15) is 11.6 Å². The second kappa shape index (κ2) is 7.25. The van der Waals surface area contributed by atoms with Crippen molar-refractivity contribution in [3.8, 4) is 6.07 Å². The number of benzene rings is 1. The van der Waals surface area contributed by atoms with E-state index in [1.807, 2.05) is 0 Å². The van der Waals surface area contributed by atoms with Gasteiger partial charge in [-0.1, -0.05) is 6.92 Å². The number of nitrogens with zero attached hydrogens (tertiary/aromatic N) is 2. The van der Waals surface area contributed by atoms with Crippen molar-refractivity contribution in [1.82, 2.24) is 5.32 Å². The Bertz CT molecular complexity index is 454. The minimum atomic E-state index is -0.543. The van der Waals surface area contributed by atoms with Crippen LogP contribution in [-0.2, 0) is 0 Å². The number of rotatable bonds is 7. The molecule has 1 aromatic carbocycles. The molecule has 18 heavy (non-hydrogen) atoms. The fraction of sp³-hybridized carbons (Fsp3) is 0.417. The van der Waals surface area contributed by atoms with Crippen LogP contribution >= 0.6 is 0 Å². The van der Waals surface area contributed by atoms with Crippen LogP contribution in [-0.4, -0.2) is 24.6 Å². The summed E-state index contributed by atoms with van der Waals surface area (Å²) in [5.74, 6) is 0. The molecule has 0 radical (unpaired) electrons. The van der Waals surface area contributed by atoms with Gasteiger partial charge in [0.25, 0.3) is 5.69 Å². The Hall–Kier alpha value is -2.13. The van der Waals surface area contributed by atoms with E-state index in [0.29, 0.717) is 12.2 Å². The first-order valence-corrected chi connectivity index (χ1v) is 5.82. The molecule has 1 aromatic rings. The second-order valence-corrected chi connectivity index (χ2v) is 3.78. The maximum absolute atomic E-state index is 10.8. The monoisotopic (exact) mass is 248 g/mol. The number of hydrogen-bond donors (Lipinski definition) is 2. The van der Waals surface area contributed by atoms with Crippen molar-refractivity contribution in [3.05, 3.63) is 33.9 Å². The predicted molar refractivity (Wildman–Crippen MR) is 69.5 cm³/mol. The standard InChI is InChI=1S/C12H16N4O2/c1-2-5-14-6-7-15-11-4-3-10(9-13)12(8-11)16(17)18/h3-4,8,14-15H,2,5-7H2,1H3. The number of hydrogen-bond acceptors (Lipinski definition) is 5. The zero-order chi connectivity index (χ0) is 13.4. The molecule has 1 rings (SSSR count). The highest BCUT2D eigenvalue weighted by Crippen LogP contribution is 2.22. The van der Waals surface area contributed by atoms with Gasteiger partial charge in [0.2, 0.25) is 0 Å². The molecule has 0 unspecified atom stereocenters. The predicted octanol–water partition coefficient (Wildman–Crippen LogP) is 1.88. The molecular weight excluding hydrogens is 232 g/mol. The fourth-order valence-electron chi connectivity index (χ4n) is 1.48. The molecule has 0 aliphatic heterocycles. The highest BCUT2D eigenvalue weighted by molar-refractivity contribution is 5.59. The van der Waals surface area contributed by atoms with Crippen molar-refractivity contribution in [1.29, 1.82) is 5.26 Å². The van der Waals surface area contributed by atoms with Crippen LogP contribution in [0.5, 0.6) is 0 Å². The van der Waals surface area contributed by atoms with Gasteiger partial charge >= 0.3 is 0 Å². The molecular formula is C12H16N4O2. The van der Waals surface area contributed by atoms with Gasteiger partial charge in [-0.3, -0.25) is 10.1 Å². The topological polar surface area (TPSA) is 91.0 Å². The van der Waals surface area contributed by atoms with Gasteiger partial charge in [-0.2, -0.15) is 5.26 Å². The average Bonchev–Trinajstić information content (AvgIpc) is 2.38. The largest absolute Gasteiger partial charge is 0.384 e. The summed E-state index contributed by atoms with van der Waals surface area (Å²) < 4.78 is 0. The lowest BCUT2D eigenvalue weighted by molar-refractivity contribution is -0.385. The molecule has 0 fully saturated rings. The molecule has 0 aromatic heterocycles. The SMILES string of the molecule is CCCNCCNc1ccc(C#N)c([N+](=O)[O-])c1. The summed E-state index contributed by atoms with van der Waals surface area (Å²) in [5.41, 5.74) is 0.567. The summed E-state index contributed by atoms with van der Waals surface area (Å²) in [6.07, 6.45) is 1.07. The van der Waals surface area contributed by atoms with E-state index < -0.39 is 4.92 Å². The lowest BCUT2D eigenvalue weighted by atomic mass is 10.2. The molecule has 0 atom stereocenters. The first-order valence-electron chi connectivity index (χ1n) is 5.82. The smallest absolute Gasteiger partial charge is 0.289 e. The van der Waals surface area contributed by atoms with Gasteiger partial charge in [-0.15, -0.1) is 0 Å².